The third-order valence-corrected chi connectivity index (χ3v) is 5.24. The molecule has 3 aromatic rings. The smallest absolute Gasteiger partial charge is 0.407 e. The number of nitrogens with zero attached hydrogens (tertiary/aromatic N) is 1. The summed E-state index contributed by atoms with van der Waals surface area (Å²) in [6.45, 7) is 1.68. The Morgan fingerprint density at radius 3 is 2.74 bits per heavy atom. The number of nitrogens with two attached hydrogens (primary N) is 1. The Labute approximate surface area is 154 Å². The standard InChI is InChI=1S/C20H18FN3O3/c1-20(18(22)25,17-11-23-19(26)27-17)13-6-7-16(14(21)10-13)24-9-8-12-4-2-3-5-15(12)24/h2-10,17H,11H2,1H3,(H2,22,25)(H,23,26). The average Bonchev–Trinajstić information content (AvgIpc) is 3.27. The lowest BCUT2D eigenvalue weighted by molar-refractivity contribution is -0.126. The first-order chi connectivity index (χ1) is 12.9. The normalized spacial score (nSPS) is 18.7. The van der Waals surface area contributed by atoms with Crippen LogP contribution in [-0.4, -0.2) is 29.2 Å². The number of aromatic nitrogens is 1. The highest BCUT2D eigenvalue weighted by atomic mass is 19.1. The van der Waals surface area contributed by atoms with Crippen LogP contribution in [0, 0.1) is 5.82 Å². The number of hydrogen-bond donors (Lipinski definition) is 2. The minimum atomic E-state index is -1.35. The van der Waals surface area contributed by atoms with Crippen LogP contribution in [0.3, 0.4) is 0 Å². The molecule has 0 radical (unpaired) electrons. The fraction of sp³-hybridized carbons (Fsp3) is 0.200. The van der Waals surface area contributed by atoms with Gasteiger partial charge in [0, 0.05) is 6.20 Å². The van der Waals surface area contributed by atoms with Crippen LogP contribution in [0.1, 0.15) is 12.5 Å². The maximum atomic E-state index is 15.0. The Morgan fingerprint density at radius 1 is 1.30 bits per heavy atom. The number of carbonyl (C=O) groups excluding carboxylic acids is 2. The molecule has 1 aliphatic heterocycles. The molecule has 2 amide bonds. The number of carbonyl (C=O) groups is 2. The van der Waals surface area contributed by atoms with Gasteiger partial charge in [0.2, 0.25) is 5.91 Å². The summed E-state index contributed by atoms with van der Waals surface area (Å²) in [5, 5.41) is 3.49. The molecule has 1 aromatic heterocycles. The van der Waals surface area contributed by atoms with Gasteiger partial charge >= 0.3 is 6.09 Å². The third kappa shape index (κ3) is 2.63. The average molecular weight is 367 g/mol. The fourth-order valence-electron chi connectivity index (χ4n) is 3.52. The summed E-state index contributed by atoms with van der Waals surface area (Å²) < 4.78 is 21.9. The molecule has 4 rings (SSSR count). The van der Waals surface area contributed by atoms with Crippen LogP contribution in [0.25, 0.3) is 16.6 Å². The minimum absolute atomic E-state index is 0.129. The van der Waals surface area contributed by atoms with Crippen LogP contribution < -0.4 is 11.1 Å². The second-order valence-corrected chi connectivity index (χ2v) is 6.75. The van der Waals surface area contributed by atoms with Crippen LogP contribution in [0.2, 0.25) is 0 Å². The number of primary amides is 1. The summed E-state index contributed by atoms with van der Waals surface area (Å²) in [5.74, 6) is -1.19. The van der Waals surface area contributed by atoms with Gasteiger partial charge in [0.15, 0.2) is 0 Å². The second kappa shape index (κ2) is 6.12. The number of hydrogen-bond acceptors (Lipinski definition) is 3. The molecule has 2 unspecified atom stereocenters. The van der Waals surface area contributed by atoms with Crippen LogP contribution in [0.5, 0.6) is 0 Å². The van der Waals surface area contributed by atoms with Gasteiger partial charge in [-0.2, -0.15) is 0 Å². The number of alkyl carbamates (subject to hydrolysis) is 1. The van der Waals surface area contributed by atoms with E-state index in [4.69, 9.17) is 10.5 Å². The van der Waals surface area contributed by atoms with Gasteiger partial charge in [-0.1, -0.05) is 24.3 Å². The molecular weight excluding hydrogens is 349 g/mol. The van der Waals surface area contributed by atoms with Gasteiger partial charge in [0.25, 0.3) is 0 Å². The lowest BCUT2D eigenvalue weighted by atomic mass is 9.76. The summed E-state index contributed by atoms with van der Waals surface area (Å²) in [4.78, 5) is 23.6. The summed E-state index contributed by atoms with van der Waals surface area (Å²) in [5.41, 5.74) is 5.83. The van der Waals surface area contributed by atoms with E-state index in [9.17, 15) is 9.59 Å². The second-order valence-electron chi connectivity index (χ2n) is 6.75. The van der Waals surface area contributed by atoms with Crippen molar-refractivity contribution in [2.24, 2.45) is 5.73 Å². The zero-order valence-corrected chi connectivity index (χ0v) is 14.6. The summed E-state index contributed by atoms with van der Waals surface area (Å²) in [7, 11) is 0. The number of benzene rings is 2. The molecule has 7 heteroatoms. The molecule has 1 saturated heterocycles. The number of fused-ring (bicyclic) bond motifs is 1. The van der Waals surface area contributed by atoms with E-state index < -0.39 is 29.3 Å². The zero-order chi connectivity index (χ0) is 19.2. The van der Waals surface area contributed by atoms with Gasteiger partial charge in [0.1, 0.15) is 17.3 Å². The van der Waals surface area contributed by atoms with E-state index in [1.165, 1.54) is 6.07 Å². The van der Waals surface area contributed by atoms with Gasteiger partial charge in [-0.15, -0.1) is 0 Å². The molecule has 27 heavy (non-hydrogen) atoms. The van der Waals surface area contributed by atoms with Crippen molar-refractivity contribution < 1.29 is 18.7 Å². The Kier molecular flexibility index (Phi) is 3.87. The Hall–Kier alpha value is -3.35. The summed E-state index contributed by atoms with van der Waals surface area (Å²) >= 11 is 0. The maximum Gasteiger partial charge on any atom is 0.407 e. The first kappa shape index (κ1) is 17.1. The number of amides is 2. The van der Waals surface area contributed by atoms with Gasteiger partial charge in [-0.3, -0.25) is 4.79 Å². The highest BCUT2D eigenvalue weighted by Gasteiger charge is 2.47. The van der Waals surface area contributed by atoms with Gasteiger partial charge in [-0.25, -0.2) is 9.18 Å². The maximum absolute atomic E-state index is 15.0. The largest absolute Gasteiger partial charge is 0.443 e. The number of ether oxygens (including phenoxy) is 1. The van der Waals surface area contributed by atoms with E-state index in [0.29, 0.717) is 11.3 Å². The number of nitrogens with one attached hydrogen (secondary N) is 1. The Bertz CT molecular complexity index is 1060. The molecule has 3 N–H and O–H groups in total. The Morgan fingerprint density at radius 2 is 2.07 bits per heavy atom. The van der Waals surface area contributed by atoms with Crippen molar-refractivity contribution in [2.75, 3.05) is 6.54 Å². The fourth-order valence-corrected chi connectivity index (χ4v) is 3.52. The van der Waals surface area contributed by atoms with Crippen LogP contribution in [0.4, 0.5) is 9.18 Å². The van der Waals surface area contributed by atoms with Crippen LogP contribution in [-0.2, 0) is 14.9 Å². The number of cyclic esters (lactones) is 1. The van der Waals surface area contributed by atoms with Crippen molar-refractivity contribution in [2.45, 2.75) is 18.4 Å². The molecule has 2 aromatic carbocycles. The van der Waals surface area contributed by atoms with E-state index in [1.807, 2.05) is 30.3 Å². The zero-order valence-electron chi connectivity index (χ0n) is 14.6. The highest BCUT2D eigenvalue weighted by Crippen LogP contribution is 2.33. The van der Waals surface area contributed by atoms with Crippen molar-refractivity contribution in [1.82, 2.24) is 9.88 Å². The highest BCUT2D eigenvalue weighted by molar-refractivity contribution is 5.88. The van der Waals surface area contributed by atoms with Crippen molar-refractivity contribution in [3.63, 3.8) is 0 Å². The first-order valence-electron chi connectivity index (χ1n) is 8.52. The van der Waals surface area contributed by atoms with Crippen molar-refractivity contribution >= 4 is 22.9 Å². The van der Waals surface area contributed by atoms with Gasteiger partial charge < -0.3 is 20.4 Å². The molecule has 138 valence electrons. The SMILES string of the molecule is CC(C(N)=O)(c1ccc(-n2ccc3ccccc32)c(F)c1)C1CNC(=O)O1. The van der Waals surface area contributed by atoms with Gasteiger partial charge in [-0.05, 0) is 42.1 Å². The molecule has 2 atom stereocenters. The molecule has 0 saturated carbocycles. The third-order valence-electron chi connectivity index (χ3n) is 5.24. The predicted octanol–water partition coefficient (Wildman–Crippen LogP) is 2.62. The van der Waals surface area contributed by atoms with Crippen molar-refractivity contribution in [3.8, 4) is 5.69 Å². The summed E-state index contributed by atoms with van der Waals surface area (Å²) in [6.07, 6.45) is 0.363. The monoisotopic (exact) mass is 367 g/mol. The Balaban J connectivity index is 1.78. The molecule has 6 nitrogen and oxygen atoms in total. The van der Waals surface area contributed by atoms with E-state index in [-0.39, 0.29) is 6.54 Å². The first-order valence-corrected chi connectivity index (χ1v) is 8.52. The van der Waals surface area contributed by atoms with E-state index >= 15 is 4.39 Å². The lowest BCUT2D eigenvalue weighted by Crippen LogP contribution is -2.49. The molecular formula is C20H18FN3O3. The summed E-state index contributed by atoms with van der Waals surface area (Å²) in [6, 6.07) is 14.1. The quantitative estimate of drug-likeness (QED) is 0.743. The van der Waals surface area contributed by atoms with Crippen LogP contribution >= 0.6 is 0 Å². The van der Waals surface area contributed by atoms with Crippen molar-refractivity contribution in [1.29, 1.82) is 0 Å². The topological polar surface area (TPSA) is 86.4 Å². The predicted molar refractivity (Wildman–Crippen MR) is 98.1 cm³/mol. The molecule has 0 spiro atoms. The molecule has 0 aliphatic carbocycles. The number of para-hydroxylation sites is 1. The molecule has 1 aliphatic rings. The number of halogens is 1. The van der Waals surface area contributed by atoms with E-state index in [2.05, 4.69) is 5.32 Å². The molecule has 1 fully saturated rings. The van der Waals surface area contributed by atoms with Crippen LogP contribution in [0.15, 0.2) is 54.7 Å². The van der Waals surface area contributed by atoms with E-state index in [0.717, 1.165) is 10.9 Å². The van der Waals surface area contributed by atoms with Gasteiger partial charge in [0.05, 0.1) is 17.7 Å². The van der Waals surface area contributed by atoms with Crippen molar-refractivity contribution in [3.05, 3.63) is 66.1 Å². The molecule has 2 heterocycles. The van der Waals surface area contributed by atoms with E-state index in [1.54, 1.807) is 29.8 Å². The number of rotatable bonds is 4. The lowest BCUT2D eigenvalue weighted by Gasteiger charge is -2.31. The minimum Gasteiger partial charge on any atom is -0.443 e. The molecule has 0 bridgehead atoms.